The second kappa shape index (κ2) is 6.67. The van der Waals surface area contributed by atoms with E-state index in [9.17, 15) is 0 Å². The van der Waals surface area contributed by atoms with Crippen LogP contribution < -0.4 is 5.73 Å². The van der Waals surface area contributed by atoms with Crippen molar-refractivity contribution < 1.29 is 9.26 Å². The Hall–Kier alpha value is -0.950. The van der Waals surface area contributed by atoms with Crippen molar-refractivity contribution in [1.82, 2.24) is 10.1 Å². The van der Waals surface area contributed by atoms with E-state index in [1.165, 1.54) is 0 Å². The first-order valence-corrected chi connectivity index (χ1v) is 7.30. The molecule has 2 aromatic rings. The molecule has 1 unspecified atom stereocenters. The Morgan fingerprint density at radius 2 is 2.20 bits per heavy atom. The van der Waals surface area contributed by atoms with Crippen molar-refractivity contribution in [3.63, 3.8) is 0 Å². The molecule has 0 saturated carbocycles. The lowest BCUT2D eigenvalue weighted by Gasteiger charge is -2.10. The van der Waals surface area contributed by atoms with Crippen LogP contribution in [-0.2, 0) is 4.74 Å². The van der Waals surface area contributed by atoms with Gasteiger partial charge in [-0.3, -0.25) is 0 Å². The first-order chi connectivity index (χ1) is 9.47. The summed E-state index contributed by atoms with van der Waals surface area (Å²) in [7, 11) is 0. The van der Waals surface area contributed by atoms with Crippen LogP contribution in [0.3, 0.4) is 0 Å². The van der Waals surface area contributed by atoms with Crippen LogP contribution >= 0.6 is 27.5 Å². The number of nitrogens with two attached hydrogens (primary N) is 1. The minimum absolute atomic E-state index is 0.104. The molecule has 2 N–H and O–H groups in total. The van der Waals surface area contributed by atoms with Crippen molar-refractivity contribution in [2.45, 2.75) is 26.0 Å². The summed E-state index contributed by atoms with van der Waals surface area (Å²) in [4.78, 5) is 4.27. The molecule has 0 radical (unpaired) electrons. The lowest BCUT2D eigenvalue weighted by molar-refractivity contribution is 0.0665. The minimum atomic E-state index is -0.430. The fourth-order valence-electron chi connectivity index (χ4n) is 1.53. The predicted molar refractivity (Wildman–Crippen MR) is 80.5 cm³/mol. The van der Waals surface area contributed by atoms with Gasteiger partial charge in [-0.15, -0.1) is 0 Å². The molecule has 0 spiro atoms. The average Bonchev–Trinajstić information content (AvgIpc) is 2.88. The van der Waals surface area contributed by atoms with Gasteiger partial charge in [0.2, 0.25) is 0 Å². The van der Waals surface area contributed by atoms with E-state index >= 15 is 0 Å². The number of hydrogen-bond acceptors (Lipinski definition) is 5. The second-order valence-electron chi connectivity index (χ2n) is 4.57. The highest BCUT2D eigenvalue weighted by Gasteiger charge is 2.17. The van der Waals surface area contributed by atoms with Gasteiger partial charge in [0.25, 0.3) is 5.89 Å². The minimum Gasteiger partial charge on any atom is -0.377 e. The lowest BCUT2D eigenvalue weighted by atomic mass is 10.2. The Morgan fingerprint density at radius 1 is 1.45 bits per heavy atom. The molecule has 0 fully saturated rings. The second-order valence-corrected chi connectivity index (χ2v) is 5.89. The molecule has 1 atom stereocenters. The van der Waals surface area contributed by atoms with E-state index in [4.69, 9.17) is 26.6 Å². The third-order valence-electron chi connectivity index (χ3n) is 2.54. The van der Waals surface area contributed by atoms with Crippen molar-refractivity contribution in [2.24, 2.45) is 5.73 Å². The molecular formula is C13H15BrClN3O2. The maximum absolute atomic E-state index is 6.12. The smallest absolute Gasteiger partial charge is 0.259 e. The van der Waals surface area contributed by atoms with E-state index in [0.29, 0.717) is 28.9 Å². The Morgan fingerprint density at radius 3 is 2.90 bits per heavy atom. The van der Waals surface area contributed by atoms with Crippen molar-refractivity contribution in [2.75, 3.05) is 6.61 Å². The Bertz CT molecular complexity index is 589. The molecule has 5 nitrogen and oxygen atoms in total. The van der Waals surface area contributed by atoms with Crippen LogP contribution in [0.1, 0.15) is 25.7 Å². The third kappa shape index (κ3) is 3.79. The van der Waals surface area contributed by atoms with Gasteiger partial charge in [0.15, 0.2) is 5.82 Å². The van der Waals surface area contributed by atoms with Gasteiger partial charge in [-0.25, -0.2) is 0 Å². The van der Waals surface area contributed by atoms with Gasteiger partial charge in [0, 0.05) is 4.47 Å². The Kier molecular flexibility index (Phi) is 5.15. The highest BCUT2D eigenvalue weighted by atomic mass is 79.9. The molecule has 108 valence electrons. The zero-order valence-corrected chi connectivity index (χ0v) is 13.5. The zero-order chi connectivity index (χ0) is 14.7. The van der Waals surface area contributed by atoms with Crippen LogP contribution in [0.15, 0.2) is 27.2 Å². The van der Waals surface area contributed by atoms with Gasteiger partial charge in [-0.05, 0) is 32.0 Å². The van der Waals surface area contributed by atoms with Gasteiger partial charge < -0.3 is 15.0 Å². The topological polar surface area (TPSA) is 74.2 Å². The maximum Gasteiger partial charge on any atom is 0.259 e. The first-order valence-electron chi connectivity index (χ1n) is 6.13. The third-order valence-corrected chi connectivity index (χ3v) is 3.36. The van der Waals surface area contributed by atoms with Crippen molar-refractivity contribution in [3.8, 4) is 11.5 Å². The molecule has 0 aliphatic heterocycles. The predicted octanol–water partition coefficient (Wildman–Crippen LogP) is 3.58. The summed E-state index contributed by atoms with van der Waals surface area (Å²) in [5.41, 5.74) is 6.61. The molecule has 7 heteroatoms. The maximum atomic E-state index is 6.12. The number of nitrogens with zero attached hydrogens (tertiary/aromatic N) is 2. The normalized spacial score (nSPS) is 12.9. The van der Waals surface area contributed by atoms with Crippen LogP contribution in [0.25, 0.3) is 11.5 Å². The Balaban J connectivity index is 2.18. The summed E-state index contributed by atoms with van der Waals surface area (Å²) in [6, 6.07) is 4.98. The molecule has 1 aromatic heterocycles. The van der Waals surface area contributed by atoms with Crippen LogP contribution in [0.4, 0.5) is 0 Å². The number of aromatic nitrogens is 2. The molecule has 0 aliphatic carbocycles. The number of rotatable bonds is 5. The number of halogens is 2. The van der Waals surface area contributed by atoms with Gasteiger partial charge in [-0.2, -0.15) is 4.98 Å². The van der Waals surface area contributed by atoms with Crippen molar-refractivity contribution in [1.29, 1.82) is 0 Å². The SMILES string of the molecule is CC(C)OCC(N)c1noc(-c2cc(Br)ccc2Cl)n1. The number of benzene rings is 1. The van der Waals surface area contributed by atoms with Crippen LogP contribution in [0.5, 0.6) is 0 Å². The largest absolute Gasteiger partial charge is 0.377 e. The van der Waals surface area contributed by atoms with Gasteiger partial charge in [0.05, 0.1) is 29.3 Å². The molecule has 2 rings (SSSR count). The molecule has 0 bridgehead atoms. The van der Waals surface area contributed by atoms with Gasteiger partial charge in [0.1, 0.15) is 0 Å². The fraction of sp³-hybridized carbons (Fsp3) is 0.385. The summed E-state index contributed by atoms with van der Waals surface area (Å²) in [5.74, 6) is 0.739. The molecule has 0 amide bonds. The lowest BCUT2D eigenvalue weighted by Crippen LogP contribution is -2.20. The monoisotopic (exact) mass is 359 g/mol. The van der Waals surface area contributed by atoms with Crippen molar-refractivity contribution in [3.05, 3.63) is 33.5 Å². The molecule has 0 aliphatic rings. The van der Waals surface area contributed by atoms with Crippen LogP contribution in [0, 0.1) is 0 Å². The van der Waals surface area contributed by atoms with E-state index in [0.717, 1.165) is 4.47 Å². The van der Waals surface area contributed by atoms with Crippen LogP contribution in [-0.4, -0.2) is 22.9 Å². The summed E-state index contributed by atoms with van der Waals surface area (Å²) in [5, 5.41) is 4.41. The van der Waals surface area contributed by atoms with E-state index in [1.54, 1.807) is 6.07 Å². The summed E-state index contributed by atoms with van der Waals surface area (Å²) in [6.45, 7) is 4.22. The van der Waals surface area contributed by atoms with E-state index in [1.807, 2.05) is 26.0 Å². The molecule has 20 heavy (non-hydrogen) atoms. The molecule has 1 aromatic carbocycles. The zero-order valence-electron chi connectivity index (χ0n) is 11.1. The fourth-order valence-corrected chi connectivity index (χ4v) is 2.09. The molecular weight excluding hydrogens is 346 g/mol. The highest BCUT2D eigenvalue weighted by Crippen LogP contribution is 2.29. The van der Waals surface area contributed by atoms with E-state index in [-0.39, 0.29) is 6.10 Å². The number of hydrogen-bond donors (Lipinski definition) is 1. The summed E-state index contributed by atoms with van der Waals surface area (Å²) >= 11 is 9.49. The quantitative estimate of drug-likeness (QED) is 0.882. The average molecular weight is 361 g/mol. The van der Waals surface area contributed by atoms with Gasteiger partial charge in [-0.1, -0.05) is 32.7 Å². The standard InChI is InChI=1S/C13H15BrClN3O2/c1-7(2)19-6-11(16)12-17-13(20-18-12)9-5-8(14)3-4-10(9)15/h3-5,7,11H,6,16H2,1-2H3. The number of ether oxygens (including phenoxy) is 1. The molecule has 0 saturated heterocycles. The molecule has 1 heterocycles. The van der Waals surface area contributed by atoms with E-state index in [2.05, 4.69) is 26.1 Å². The first kappa shape index (κ1) is 15.4. The highest BCUT2D eigenvalue weighted by molar-refractivity contribution is 9.10. The van der Waals surface area contributed by atoms with Gasteiger partial charge >= 0.3 is 0 Å². The summed E-state index contributed by atoms with van der Waals surface area (Å²) < 4.78 is 11.5. The van der Waals surface area contributed by atoms with Crippen LogP contribution in [0.2, 0.25) is 5.02 Å². The Labute approximate surface area is 130 Å². The van der Waals surface area contributed by atoms with E-state index < -0.39 is 6.04 Å². The van der Waals surface area contributed by atoms with Crippen molar-refractivity contribution >= 4 is 27.5 Å². The summed E-state index contributed by atoms with van der Waals surface area (Å²) in [6.07, 6.45) is 0.104.